The molecule has 0 bridgehead atoms. The molecule has 2 amide bonds. The number of anilines is 1. The first-order chi connectivity index (χ1) is 11.3. The highest BCUT2D eigenvalue weighted by Gasteiger charge is 2.21. The van der Waals surface area contributed by atoms with Gasteiger partial charge in [-0.05, 0) is 6.92 Å². The van der Waals surface area contributed by atoms with Gasteiger partial charge < -0.3 is 29.5 Å². The Labute approximate surface area is 141 Å². The van der Waals surface area contributed by atoms with Gasteiger partial charge in [0.25, 0.3) is 0 Å². The van der Waals surface area contributed by atoms with Crippen LogP contribution in [0.1, 0.15) is 12.5 Å². The summed E-state index contributed by atoms with van der Waals surface area (Å²) in [5.41, 5.74) is 1.09. The molecule has 1 aromatic carbocycles. The van der Waals surface area contributed by atoms with Crippen LogP contribution in [0.2, 0.25) is 0 Å². The van der Waals surface area contributed by atoms with Gasteiger partial charge in [0, 0.05) is 25.2 Å². The topological polar surface area (TPSA) is 97.3 Å². The van der Waals surface area contributed by atoms with E-state index in [9.17, 15) is 9.59 Å². The quantitative estimate of drug-likeness (QED) is 0.790. The number of benzene rings is 1. The van der Waals surface area contributed by atoms with Crippen molar-refractivity contribution in [2.75, 3.05) is 40.2 Å². The fourth-order valence-corrected chi connectivity index (χ4v) is 2.30. The number of carboxylic acid groups (broad SMARTS) is 1. The minimum atomic E-state index is -0.964. The maximum atomic E-state index is 12.3. The van der Waals surface area contributed by atoms with Gasteiger partial charge in [0.05, 0.1) is 32.9 Å². The standard InChI is InChI=1S/C16H24N2O6/c1-9(15(19)20)8-18(3)16(21)17-11-7-12(22-4)14(24-6)10(2)13(11)23-5/h7,9H,8H2,1-6H3,(H,17,21)(H,19,20). The summed E-state index contributed by atoms with van der Waals surface area (Å²) in [6, 6.07) is 1.14. The first-order valence-corrected chi connectivity index (χ1v) is 7.31. The summed E-state index contributed by atoms with van der Waals surface area (Å²) in [7, 11) is 6.02. The van der Waals surface area contributed by atoms with Gasteiger partial charge in [0.1, 0.15) is 5.75 Å². The van der Waals surface area contributed by atoms with E-state index < -0.39 is 17.9 Å². The molecule has 8 nitrogen and oxygen atoms in total. The van der Waals surface area contributed by atoms with Gasteiger partial charge in [-0.3, -0.25) is 4.79 Å². The van der Waals surface area contributed by atoms with Crippen LogP contribution in [0.15, 0.2) is 6.07 Å². The van der Waals surface area contributed by atoms with Crippen molar-refractivity contribution in [3.05, 3.63) is 11.6 Å². The van der Waals surface area contributed by atoms with Gasteiger partial charge in [-0.15, -0.1) is 0 Å². The van der Waals surface area contributed by atoms with Crippen molar-refractivity contribution in [2.24, 2.45) is 5.92 Å². The molecule has 0 saturated carbocycles. The highest BCUT2D eigenvalue weighted by Crippen LogP contribution is 2.42. The second kappa shape index (κ2) is 8.28. The highest BCUT2D eigenvalue weighted by atomic mass is 16.5. The van der Waals surface area contributed by atoms with Crippen LogP contribution in [0.4, 0.5) is 10.5 Å². The normalized spacial score (nSPS) is 11.4. The van der Waals surface area contributed by atoms with E-state index in [1.54, 1.807) is 13.0 Å². The number of nitrogens with zero attached hydrogens (tertiary/aromatic N) is 1. The number of carbonyl (C=O) groups excluding carboxylic acids is 1. The predicted molar refractivity (Wildman–Crippen MR) is 89.3 cm³/mol. The van der Waals surface area contributed by atoms with Crippen LogP contribution in [0.25, 0.3) is 0 Å². The number of hydrogen-bond acceptors (Lipinski definition) is 5. The largest absolute Gasteiger partial charge is 0.494 e. The molecule has 0 saturated heterocycles. The molecule has 0 aromatic heterocycles. The fraction of sp³-hybridized carbons (Fsp3) is 0.500. The first-order valence-electron chi connectivity index (χ1n) is 7.31. The van der Waals surface area contributed by atoms with Gasteiger partial charge in [-0.2, -0.15) is 0 Å². The molecule has 0 aliphatic heterocycles. The second-order valence-corrected chi connectivity index (χ2v) is 5.37. The molecular formula is C16H24N2O6. The molecule has 0 fully saturated rings. The van der Waals surface area contributed by atoms with E-state index in [0.717, 1.165) is 0 Å². The van der Waals surface area contributed by atoms with Gasteiger partial charge in [-0.1, -0.05) is 6.92 Å². The van der Waals surface area contributed by atoms with E-state index in [-0.39, 0.29) is 6.54 Å². The van der Waals surface area contributed by atoms with Gasteiger partial charge in [-0.25, -0.2) is 4.79 Å². The van der Waals surface area contributed by atoms with Crippen molar-refractivity contribution in [1.82, 2.24) is 4.90 Å². The molecule has 0 aliphatic rings. The number of rotatable bonds is 7. The number of hydrogen-bond donors (Lipinski definition) is 2. The molecule has 1 atom stereocenters. The third kappa shape index (κ3) is 4.21. The van der Waals surface area contributed by atoms with Crippen LogP contribution in [-0.2, 0) is 4.79 Å². The summed E-state index contributed by atoms with van der Waals surface area (Å²) in [6.07, 6.45) is 0. The average molecular weight is 340 g/mol. The summed E-state index contributed by atoms with van der Waals surface area (Å²) in [6.45, 7) is 3.40. The number of carbonyl (C=O) groups is 2. The lowest BCUT2D eigenvalue weighted by molar-refractivity contribution is -0.141. The smallest absolute Gasteiger partial charge is 0.321 e. The number of urea groups is 1. The molecular weight excluding hydrogens is 316 g/mol. The minimum absolute atomic E-state index is 0.0791. The molecule has 0 radical (unpaired) electrons. The van der Waals surface area contributed by atoms with Crippen LogP contribution in [0, 0.1) is 12.8 Å². The number of carboxylic acids is 1. The lowest BCUT2D eigenvalue weighted by atomic mass is 10.1. The SMILES string of the molecule is COc1cc(NC(=O)N(C)CC(C)C(=O)O)c(OC)c(C)c1OC. The van der Waals surface area contributed by atoms with E-state index in [1.165, 1.54) is 40.2 Å². The molecule has 0 heterocycles. The number of ether oxygens (including phenoxy) is 3. The van der Waals surface area contributed by atoms with Crippen LogP contribution in [0.3, 0.4) is 0 Å². The molecule has 8 heteroatoms. The zero-order valence-corrected chi connectivity index (χ0v) is 14.8. The van der Waals surface area contributed by atoms with Crippen molar-refractivity contribution >= 4 is 17.7 Å². The maximum absolute atomic E-state index is 12.3. The van der Waals surface area contributed by atoms with Crippen molar-refractivity contribution in [3.63, 3.8) is 0 Å². The third-order valence-corrected chi connectivity index (χ3v) is 3.61. The minimum Gasteiger partial charge on any atom is -0.494 e. The Morgan fingerprint density at radius 3 is 2.25 bits per heavy atom. The fourth-order valence-electron chi connectivity index (χ4n) is 2.30. The van der Waals surface area contributed by atoms with E-state index in [2.05, 4.69) is 5.32 Å². The summed E-state index contributed by atoms with van der Waals surface area (Å²) in [5, 5.41) is 11.6. The van der Waals surface area contributed by atoms with Crippen molar-refractivity contribution in [3.8, 4) is 17.2 Å². The lowest BCUT2D eigenvalue weighted by Gasteiger charge is -2.22. The highest BCUT2D eigenvalue weighted by molar-refractivity contribution is 5.92. The van der Waals surface area contributed by atoms with Crippen molar-refractivity contribution < 1.29 is 28.9 Å². The Hall–Kier alpha value is -2.64. The monoisotopic (exact) mass is 340 g/mol. The molecule has 2 N–H and O–H groups in total. The summed E-state index contributed by atoms with van der Waals surface area (Å²) in [5.74, 6) is -0.225. The summed E-state index contributed by atoms with van der Waals surface area (Å²) in [4.78, 5) is 24.5. The second-order valence-electron chi connectivity index (χ2n) is 5.37. The van der Waals surface area contributed by atoms with Gasteiger partial charge in [0.15, 0.2) is 11.5 Å². The zero-order chi connectivity index (χ0) is 18.4. The Kier molecular flexibility index (Phi) is 6.69. The third-order valence-electron chi connectivity index (χ3n) is 3.61. The van der Waals surface area contributed by atoms with E-state index >= 15 is 0 Å². The first kappa shape index (κ1) is 19.4. The van der Waals surface area contributed by atoms with Crippen molar-refractivity contribution in [2.45, 2.75) is 13.8 Å². The Bertz CT molecular complexity index is 617. The van der Waals surface area contributed by atoms with Crippen LogP contribution >= 0.6 is 0 Å². The zero-order valence-electron chi connectivity index (χ0n) is 14.8. The Morgan fingerprint density at radius 1 is 1.21 bits per heavy atom. The van der Waals surface area contributed by atoms with E-state index in [0.29, 0.717) is 28.5 Å². The van der Waals surface area contributed by atoms with Crippen molar-refractivity contribution in [1.29, 1.82) is 0 Å². The Morgan fingerprint density at radius 2 is 1.79 bits per heavy atom. The number of aliphatic carboxylic acids is 1. The molecule has 134 valence electrons. The van der Waals surface area contributed by atoms with E-state index in [4.69, 9.17) is 19.3 Å². The molecule has 24 heavy (non-hydrogen) atoms. The van der Waals surface area contributed by atoms with Gasteiger partial charge in [0.2, 0.25) is 0 Å². The molecule has 0 aliphatic carbocycles. The Balaban J connectivity index is 3.07. The van der Waals surface area contributed by atoms with Crippen LogP contribution in [-0.4, -0.2) is 56.9 Å². The van der Waals surface area contributed by atoms with E-state index in [1.807, 2.05) is 0 Å². The van der Waals surface area contributed by atoms with Crippen LogP contribution in [0.5, 0.6) is 17.2 Å². The number of nitrogens with one attached hydrogen (secondary N) is 1. The number of amides is 2. The summed E-state index contributed by atoms with van der Waals surface area (Å²) >= 11 is 0. The average Bonchev–Trinajstić information content (AvgIpc) is 2.54. The summed E-state index contributed by atoms with van der Waals surface area (Å²) < 4.78 is 15.9. The van der Waals surface area contributed by atoms with Crippen LogP contribution < -0.4 is 19.5 Å². The molecule has 1 unspecified atom stereocenters. The number of methoxy groups -OCH3 is 3. The maximum Gasteiger partial charge on any atom is 0.321 e. The van der Waals surface area contributed by atoms with Gasteiger partial charge >= 0.3 is 12.0 Å². The predicted octanol–water partition coefficient (Wildman–Crippen LogP) is 2.21. The molecule has 0 spiro atoms. The lowest BCUT2D eigenvalue weighted by Crippen LogP contribution is -2.36. The molecule has 1 aromatic rings. The molecule has 1 rings (SSSR count).